The van der Waals surface area contributed by atoms with Crippen LogP contribution >= 0.6 is 11.3 Å². The summed E-state index contributed by atoms with van der Waals surface area (Å²) in [6.07, 6.45) is 1.67. The first-order valence-corrected chi connectivity index (χ1v) is 6.47. The lowest BCUT2D eigenvalue weighted by Gasteiger charge is -2.00. The molecule has 2 heterocycles. The number of hydrogen-bond acceptors (Lipinski definition) is 2. The Kier molecular flexibility index (Phi) is 2.72. The van der Waals surface area contributed by atoms with Crippen molar-refractivity contribution < 1.29 is 4.39 Å². The molecule has 18 heavy (non-hydrogen) atoms. The van der Waals surface area contributed by atoms with Crippen LogP contribution in [-0.2, 0) is 0 Å². The summed E-state index contributed by atoms with van der Waals surface area (Å²) >= 11 is 1.67. The molecule has 0 spiro atoms. The van der Waals surface area contributed by atoms with E-state index in [9.17, 15) is 4.39 Å². The second-order valence-electron chi connectivity index (χ2n) is 4.12. The maximum Gasteiger partial charge on any atom is 0.123 e. The fourth-order valence-corrected chi connectivity index (χ4v) is 2.78. The molecule has 0 fully saturated rings. The molecule has 0 aliphatic carbocycles. The molecule has 90 valence electrons. The maximum absolute atomic E-state index is 12.9. The van der Waals surface area contributed by atoms with Gasteiger partial charge < -0.3 is 4.98 Å². The van der Waals surface area contributed by atoms with E-state index in [0.29, 0.717) is 0 Å². The zero-order chi connectivity index (χ0) is 12.5. The first kappa shape index (κ1) is 11.2. The average molecular weight is 258 g/mol. The fourth-order valence-electron chi connectivity index (χ4n) is 1.87. The Hall–Kier alpha value is -1.94. The molecule has 2 aromatic heterocycles. The molecule has 1 aromatic carbocycles. The molecule has 1 N–H and O–H groups in total. The predicted octanol–water partition coefficient (Wildman–Crippen LogP) is 4.25. The molecule has 0 aliphatic heterocycles. The van der Waals surface area contributed by atoms with Crippen molar-refractivity contribution in [1.29, 1.82) is 0 Å². The van der Waals surface area contributed by atoms with Crippen LogP contribution in [0.4, 0.5) is 4.39 Å². The van der Waals surface area contributed by atoms with Crippen molar-refractivity contribution in [3.05, 3.63) is 53.4 Å². The zero-order valence-electron chi connectivity index (χ0n) is 9.77. The standard InChI is InChI=1S/C14H11FN2S/c1-9-6-12(18-7-9)14-13(16-8-17-14)10-2-4-11(15)5-3-10/h2-8H,1H3,(H,16,17). The summed E-state index contributed by atoms with van der Waals surface area (Å²) in [5.74, 6) is -0.234. The van der Waals surface area contributed by atoms with Crippen molar-refractivity contribution in [2.45, 2.75) is 6.92 Å². The Labute approximate surface area is 108 Å². The molecule has 0 unspecified atom stereocenters. The van der Waals surface area contributed by atoms with Crippen LogP contribution in [0.1, 0.15) is 5.56 Å². The molecule has 0 aliphatic rings. The molecule has 2 nitrogen and oxygen atoms in total. The lowest BCUT2D eigenvalue weighted by atomic mass is 10.1. The Balaban J connectivity index is 2.09. The largest absolute Gasteiger partial charge is 0.343 e. The van der Waals surface area contributed by atoms with Crippen LogP contribution in [0.15, 0.2) is 42.0 Å². The number of imidazole rings is 1. The number of aromatic nitrogens is 2. The van der Waals surface area contributed by atoms with E-state index < -0.39 is 0 Å². The number of H-pyrrole nitrogens is 1. The normalized spacial score (nSPS) is 10.8. The van der Waals surface area contributed by atoms with Crippen molar-refractivity contribution in [2.24, 2.45) is 0 Å². The van der Waals surface area contributed by atoms with E-state index in [1.54, 1.807) is 29.8 Å². The second kappa shape index (κ2) is 4.38. The minimum Gasteiger partial charge on any atom is -0.343 e. The molecular weight excluding hydrogens is 247 g/mol. The van der Waals surface area contributed by atoms with Gasteiger partial charge >= 0.3 is 0 Å². The topological polar surface area (TPSA) is 28.7 Å². The van der Waals surface area contributed by atoms with Crippen LogP contribution in [0.25, 0.3) is 21.8 Å². The highest BCUT2D eigenvalue weighted by molar-refractivity contribution is 7.13. The third-order valence-corrected chi connectivity index (χ3v) is 3.80. The lowest BCUT2D eigenvalue weighted by molar-refractivity contribution is 0.628. The SMILES string of the molecule is Cc1csc(-c2[nH]cnc2-c2ccc(F)cc2)c1. The Morgan fingerprint density at radius 1 is 1.22 bits per heavy atom. The van der Waals surface area contributed by atoms with Gasteiger partial charge in [-0.25, -0.2) is 9.37 Å². The van der Waals surface area contributed by atoms with E-state index in [0.717, 1.165) is 21.8 Å². The smallest absolute Gasteiger partial charge is 0.123 e. The minimum absolute atomic E-state index is 0.234. The average Bonchev–Trinajstić information content (AvgIpc) is 2.98. The highest BCUT2D eigenvalue weighted by Crippen LogP contribution is 2.32. The summed E-state index contributed by atoms with van der Waals surface area (Å²) in [7, 11) is 0. The number of rotatable bonds is 2. The molecule has 3 aromatic rings. The first-order valence-electron chi connectivity index (χ1n) is 5.59. The summed E-state index contributed by atoms with van der Waals surface area (Å²) in [6.45, 7) is 2.06. The van der Waals surface area contributed by atoms with E-state index in [1.807, 2.05) is 0 Å². The number of benzene rings is 1. The third-order valence-electron chi connectivity index (χ3n) is 2.73. The third kappa shape index (κ3) is 1.95. The Morgan fingerprint density at radius 3 is 2.67 bits per heavy atom. The number of halogens is 1. The summed E-state index contributed by atoms with van der Waals surface area (Å²) in [5, 5.41) is 2.10. The Morgan fingerprint density at radius 2 is 2.00 bits per heavy atom. The number of thiophene rings is 1. The highest BCUT2D eigenvalue weighted by atomic mass is 32.1. The van der Waals surface area contributed by atoms with E-state index >= 15 is 0 Å². The zero-order valence-corrected chi connectivity index (χ0v) is 10.6. The number of aryl methyl sites for hydroxylation is 1. The van der Waals surface area contributed by atoms with Crippen LogP contribution in [0.5, 0.6) is 0 Å². The van der Waals surface area contributed by atoms with Crippen LogP contribution in [0.3, 0.4) is 0 Å². The van der Waals surface area contributed by atoms with Crippen LogP contribution in [0.2, 0.25) is 0 Å². The predicted molar refractivity (Wildman–Crippen MR) is 72.0 cm³/mol. The van der Waals surface area contributed by atoms with Gasteiger partial charge in [-0.2, -0.15) is 0 Å². The van der Waals surface area contributed by atoms with Crippen molar-refractivity contribution in [2.75, 3.05) is 0 Å². The van der Waals surface area contributed by atoms with Gasteiger partial charge in [-0.15, -0.1) is 11.3 Å². The maximum atomic E-state index is 12.9. The van der Waals surface area contributed by atoms with Gasteiger partial charge in [-0.3, -0.25) is 0 Å². The van der Waals surface area contributed by atoms with E-state index in [2.05, 4.69) is 28.3 Å². The number of hydrogen-bond donors (Lipinski definition) is 1. The van der Waals surface area contributed by atoms with Crippen molar-refractivity contribution in [1.82, 2.24) is 9.97 Å². The quantitative estimate of drug-likeness (QED) is 0.731. The molecule has 0 saturated carbocycles. The molecule has 0 atom stereocenters. The number of nitrogens with one attached hydrogen (secondary N) is 1. The van der Waals surface area contributed by atoms with Crippen LogP contribution in [-0.4, -0.2) is 9.97 Å². The van der Waals surface area contributed by atoms with Crippen molar-refractivity contribution >= 4 is 11.3 Å². The van der Waals surface area contributed by atoms with Gasteiger partial charge in [-0.05, 0) is 48.2 Å². The molecule has 0 radical (unpaired) electrons. The highest BCUT2D eigenvalue weighted by Gasteiger charge is 2.11. The van der Waals surface area contributed by atoms with E-state index in [-0.39, 0.29) is 5.82 Å². The molecule has 3 rings (SSSR count). The second-order valence-corrected chi connectivity index (χ2v) is 5.03. The van der Waals surface area contributed by atoms with Gasteiger partial charge in [0.15, 0.2) is 0 Å². The fraction of sp³-hybridized carbons (Fsp3) is 0.0714. The monoisotopic (exact) mass is 258 g/mol. The van der Waals surface area contributed by atoms with Crippen molar-refractivity contribution in [3.8, 4) is 21.8 Å². The summed E-state index contributed by atoms with van der Waals surface area (Å²) in [4.78, 5) is 8.63. The lowest BCUT2D eigenvalue weighted by Crippen LogP contribution is -1.82. The Bertz CT molecular complexity index is 667. The van der Waals surface area contributed by atoms with Crippen molar-refractivity contribution in [3.63, 3.8) is 0 Å². The number of aromatic amines is 1. The van der Waals surface area contributed by atoms with Gasteiger partial charge in [0, 0.05) is 5.56 Å². The van der Waals surface area contributed by atoms with Gasteiger partial charge in [0.05, 0.1) is 22.6 Å². The molecular formula is C14H11FN2S. The van der Waals surface area contributed by atoms with E-state index in [1.165, 1.54) is 17.7 Å². The van der Waals surface area contributed by atoms with Crippen LogP contribution < -0.4 is 0 Å². The van der Waals surface area contributed by atoms with Crippen LogP contribution in [0, 0.1) is 12.7 Å². The van der Waals surface area contributed by atoms with Gasteiger partial charge in [0.25, 0.3) is 0 Å². The number of nitrogens with zero attached hydrogens (tertiary/aromatic N) is 1. The molecule has 0 bridgehead atoms. The van der Waals surface area contributed by atoms with E-state index in [4.69, 9.17) is 0 Å². The summed E-state index contributed by atoms with van der Waals surface area (Å²) in [5.41, 5.74) is 3.99. The first-order chi connectivity index (χ1) is 8.74. The molecule has 0 saturated heterocycles. The molecule has 4 heteroatoms. The summed E-state index contributed by atoms with van der Waals surface area (Å²) in [6, 6.07) is 8.51. The van der Waals surface area contributed by atoms with Gasteiger partial charge in [-0.1, -0.05) is 0 Å². The minimum atomic E-state index is -0.234. The van der Waals surface area contributed by atoms with Gasteiger partial charge in [0.1, 0.15) is 5.82 Å². The molecule has 0 amide bonds. The van der Waals surface area contributed by atoms with Gasteiger partial charge in [0.2, 0.25) is 0 Å². The summed E-state index contributed by atoms with van der Waals surface area (Å²) < 4.78 is 12.9.